The third-order valence-electron chi connectivity index (χ3n) is 4.46. The number of rotatable bonds is 3. The Morgan fingerprint density at radius 3 is 2.59 bits per heavy atom. The van der Waals surface area contributed by atoms with E-state index in [1.54, 1.807) is 22.5 Å². The van der Waals surface area contributed by atoms with Gasteiger partial charge in [-0.2, -0.15) is 5.10 Å². The Bertz CT molecular complexity index is 1140. The molecule has 132 valence electrons. The summed E-state index contributed by atoms with van der Waals surface area (Å²) in [6, 6.07) is 15.2. The number of hydrogen-bond donors (Lipinski definition) is 0. The van der Waals surface area contributed by atoms with Gasteiger partial charge in [0.25, 0.3) is 5.91 Å². The van der Waals surface area contributed by atoms with Gasteiger partial charge in [-0.3, -0.25) is 9.78 Å². The topological polar surface area (TPSA) is 58.5 Å². The summed E-state index contributed by atoms with van der Waals surface area (Å²) in [7, 11) is 0. The SMILES string of the molecule is O=C(c1cccs1)N1N=C(c2cccs2)C[C@@H]1c1cnc2ccccc2n1. The van der Waals surface area contributed by atoms with Crippen LogP contribution in [0.15, 0.2) is 70.6 Å². The van der Waals surface area contributed by atoms with Crippen molar-refractivity contribution in [2.75, 3.05) is 0 Å². The molecule has 0 spiro atoms. The zero-order valence-electron chi connectivity index (χ0n) is 14.1. The monoisotopic (exact) mass is 390 g/mol. The lowest BCUT2D eigenvalue weighted by Gasteiger charge is -2.20. The molecule has 0 bridgehead atoms. The smallest absolute Gasteiger partial charge is 0.266 e. The quantitative estimate of drug-likeness (QED) is 0.507. The second-order valence-corrected chi connectivity index (χ2v) is 8.05. The number of aromatic nitrogens is 2. The molecule has 5 rings (SSSR count). The van der Waals surface area contributed by atoms with Gasteiger partial charge in [0, 0.05) is 6.42 Å². The van der Waals surface area contributed by atoms with Crippen LogP contribution in [0.5, 0.6) is 0 Å². The third-order valence-corrected chi connectivity index (χ3v) is 6.24. The van der Waals surface area contributed by atoms with E-state index in [4.69, 9.17) is 4.98 Å². The predicted molar refractivity (Wildman–Crippen MR) is 108 cm³/mol. The van der Waals surface area contributed by atoms with Crippen molar-refractivity contribution in [1.29, 1.82) is 0 Å². The number of hydrogen-bond acceptors (Lipinski definition) is 6. The maximum Gasteiger partial charge on any atom is 0.284 e. The molecular formula is C20H14N4OS2. The van der Waals surface area contributed by atoms with E-state index < -0.39 is 0 Å². The van der Waals surface area contributed by atoms with E-state index in [0.717, 1.165) is 27.3 Å². The Hall–Kier alpha value is -2.90. The van der Waals surface area contributed by atoms with Crippen LogP contribution in [-0.4, -0.2) is 26.6 Å². The largest absolute Gasteiger partial charge is 0.284 e. The Morgan fingerprint density at radius 1 is 1.00 bits per heavy atom. The van der Waals surface area contributed by atoms with E-state index >= 15 is 0 Å². The zero-order chi connectivity index (χ0) is 18.2. The van der Waals surface area contributed by atoms with Crippen LogP contribution >= 0.6 is 22.7 Å². The molecule has 5 nitrogen and oxygen atoms in total. The molecule has 1 aromatic carbocycles. The minimum Gasteiger partial charge on any atom is -0.266 e. The van der Waals surface area contributed by atoms with Gasteiger partial charge in [-0.1, -0.05) is 24.3 Å². The maximum absolute atomic E-state index is 13.1. The number of hydrazone groups is 1. The van der Waals surface area contributed by atoms with E-state index in [1.807, 2.05) is 59.3 Å². The van der Waals surface area contributed by atoms with Crippen molar-refractivity contribution in [3.05, 3.63) is 80.9 Å². The van der Waals surface area contributed by atoms with Crippen molar-refractivity contribution in [2.45, 2.75) is 12.5 Å². The van der Waals surface area contributed by atoms with Crippen LogP contribution in [0.2, 0.25) is 0 Å². The number of fused-ring (bicyclic) bond motifs is 1. The molecule has 4 heterocycles. The van der Waals surface area contributed by atoms with Crippen LogP contribution in [0.4, 0.5) is 0 Å². The predicted octanol–water partition coefficient (Wildman–Crippen LogP) is 4.74. The fourth-order valence-electron chi connectivity index (χ4n) is 3.16. The minimum absolute atomic E-state index is 0.100. The van der Waals surface area contributed by atoms with E-state index in [0.29, 0.717) is 11.3 Å². The molecule has 7 heteroatoms. The first-order chi connectivity index (χ1) is 13.3. The van der Waals surface area contributed by atoms with Gasteiger partial charge < -0.3 is 0 Å². The number of para-hydroxylation sites is 2. The Balaban J connectivity index is 1.57. The van der Waals surface area contributed by atoms with Gasteiger partial charge in [-0.15, -0.1) is 22.7 Å². The molecule has 4 aromatic rings. The Kier molecular flexibility index (Phi) is 4.03. The summed E-state index contributed by atoms with van der Waals surface area (Å²) in [5.74, 6) is -0.100. The lowest BCUT2D eigenvalue weighted by Crippen LogP contribution is -2.27. The average molecular weight is 390 g/mol. The summed E-state index contributed by atoms with van der Waals surface area (Å²) >= 11 is 3.05. The van der Waals surface area contributed by atoms with Crippen molar-refractivity contribution < 1.29 is 4.79 Å². The number of carbonyl (C=O) groups is 1. The molecule has 0 saturated heterocycles. The average Bonchev–Trinajstić information content (AvgIpc) is 3.48. The van der Waals surface area contributed by atoms with Gasteiger partial charge in [0.05, 0.1) is 38.4 Å². The van der Waals surface area contributed by atoms with Gasteiger partial charge in [0.1, 0.15) is 6.04 Å². The van der Waals surface area contributed by atoms with E-state index in [9.17, 15) is 4.79 Å². The lowest BCUT2D eigenvalue weighted by atomic mass is 10.1. The molecule has 27 heavy (non-hydrogen) atoms. The highest BCUT2D eigenvalue weighted by Gasteiger charge is 2.35. The number of amides is 1. The standard InChI is InChI=1S/C20H14N4OS2/c25-20(19-8-4-10-27-19)24-17(11-15(23-24)18-7-3-9-26-18)16-12-21-13-5-1-2-6-14(13)22-16/h1-10,12,17H,11H2/t17-/m1/s1. The van der Waals surface area contributed by atoms with Gasteiger partial charge >= 0.3 is 0 Å². The van der Waals surface area contributed by atoms with Crippen LogP contribution in [0.25, 0.3) is 11.0 Å². The maximum atomic E-state index is 13.1. The molecule has 0 radical (unpaired) electrons. The van der Waals surface area contributed by atoms with Gasteiger partial charge in [-0.25, -0.2) is 9.99 Å². The van der Waals surface area contributed by atoms with Crippen molar-refractivity contribution in [2.24, 2.45) is 5.10 Å². The number of thiophene rings is 2. The molecule has 1 atom stereocenters. The molecule has 1 aliphatic rings. The molecule has 3 aromatic heterocycles. The lowest BCUT2D eigenvalue weighted by molar-refractivity contribution is 0.0713. The Labute approximate surface area is 163 Å². The van der Waals surface area contributed by atoms with Crippen molar-refractivity contribution in [3.8, 4) is 0 Å². The van der Waals surface area contributed by atoms with Gasteiger partial charge in [0.2, 0.25) is 0 Å². The summed E-state index contributed by atoms with van der Waals surface area (Å²) < 4.78 is 0. The summed E-state index contributed by atoms with van der Waals surface area (Å²) in [4.78, 5) is 24.1. The van der Waals surface area contributed by atoms with Crippen LogP contribution in [-0.2, 0) is 0 Å². The second-order valence-electron chi connectivity index (χ2n) is 6.15. The van der Waals surface area contributed by atoms with Crippen LogP contribution in [0.1, 0.15) is 32.7 Å². The van der Waals surface area contributed by atoms with Crippen molar-refractivity contribution in [1.82, 2.24) is 15.0 Å². The van der Waals surface area contributed by atoms with Crippen LogP contribution in [0, 0.1) is 0 Å². The zero-order valence-corrected chi connectivity index (χ0v) is 15.8. The summed E-state index contributed by atoms with van der Waals surface area (Å²) in [5, 5.41) is 10.2. The van der Waals surface area contributed by atoms with E-state index in [-0.39, 0.29) is 11.9 Å². The minimum atomic E-state index is -0.256. The highest BCUT2D eigenvalue weighted by molar-refractivity contribution is 7.12. The number of nitrogens with zero attached hydrogens (tertiary/aromatic N) is 4. The molecule has 0 saturated carbocycles. The normalized spacial score (nSPS) is 16.7. The van der Waals surface area contributed by atoms with E-state index in [1.165, 1.54) is 11.3 Å². The fraction of sp³-hybridized carbons (Fsp3) is 0.100. The van der Waals surface area contributed by atoms with Crippen LogP contribution in [0.3, 0.4) is 0 Å². The summed E-state index contributed by atoms with van der Waals surface area (Å²) in [5.41, 5.74) is 3.33. The van der Waals surface area contributed by atoms with Crippen molar-refractivity contribution in [3.63, 3.8) is 0 Å². The van der Waals surface area contributed by atoms with E-state index in [2.05, 4.69) is 10.1 Å². The first-order valence-electron chi connectivity index (χ1n) is 8.50. The number of carbonyl (C=O) groups excluding carboxylic acids is 1. The molecule has 1 amide bonds. The molecule has 0 aliphatic carbocycles. The highest BCUT2D eigenvalue weighted by atomic mass is 32.1. The fourth-order valence-corrected chi connectivity index (χ4v) is 4.54. The third kappa shape index (κ3) is 2.94. The molecule has 0 N–H and O–H groups in total. The summed E-state index contributed by atoms with van der Waals surface area (Å²) in [6.07, 6.45) is 2.39. The first kappa shape index (κ1) is 16.3. The van der Waals surface area contributed by atoms with Gasteiger partial charge in [-0.05, 0) is 35.0 Å². The van der Waals surface area contributed by atoms with Crippen molar-refractivity contribution >= 4 is 45.3 Å². The first-order valence-corrected chi connectivity index (χ1v) is 10.3. The molecule has 0 unspecified atom stereocenters. The molecule has 0 fully saturated rings. The highest BCUT2D eigenvalue weighted by Crippen LogP contribution is 2.34. The Morgan fingerprint density at radius 2 is 1.81 bits per heavy atom. The second kappa shape index (κ2) is 6.68. The summed E-state index contributed by atoms with van der Waals surface area (Å²) in [6.45, 7) is 0. The van der Waals surface area contributed by atoms with Crippen LogP contribution < -0.4 is 0 Å². The molecular weight excluding hydrogens is 376 g/mol. The number of benzene rings is 1. The van der Waals surface area contributed by atoms with Gasteiger partial charge in [0.15, 0.2) is 0 Å². The molecule has 1 aliphatic heterocycles.